The van der Waals surface area contributed by atoms with E-state index in [1.165, 1.54) is 11.3 Å². The van der Waals surface area contributed by atoms with Crippen LogP contribution in [0.1, 0.15) is 46.7 Å². The van der Waals surface area contributed by atoms with Gasteiger partial charge in [0, 0.05) is 16.3 Å². The van der Waals surface area contributed by atoms with E-state index < -0.39 is 5.97 Å². The van der Waals surface area contributed by atoms with Gasteiger partial charge in [0.15, 0.2) is 0 Å². The summed E-state index contributed by atoms with van der Waals surface area (Å²) < 4.78 is 1.02. The number of rotatable bonds is 3. The van der Waals surface area contributed by atoms with Gasteiger partial charge in [-0.1, -0.05) is 54.9 Å². The van der Waals surface area contributed by atoms with Crippen molar-refractivity contribution in [1.29, 1.82) is 0 Å². The van der Waals surface area contributed by atoms with Crippen LogP contribution in [0.4, 0.5) is 0 Å². The van der Waals surface area contributed by atoms with Gasteiger partial charge in [0.25, 0.3) is 0 Å². The minimum absolute atomic E-state index is 0.267. The van der Waals surface area contributed by atoms with Gasteiger partial charge in [-0.3, -0.25) is 0 Å². The van der Waals surface area contributed by atoms with Crippen molar-refractivity contribution in [3.05, 3.63) is 49.9 Å². The van der Waals surface area contributed by atoms with Crippen LogP contribution in [0.2, 0.25) is 0 Å². The summed E-state index contributed by atoms with van der Waals surface area (Å²) in [6, 6.07) is 7.92. The molecule has 20 heavy (non-hydrogen) atoms. The molecule has 2 rings (SSSR count). The van der Waals surface area contributed by atoms with Gasteiger partial charge < -0.3 is 5.11 Å². The van der Waals surface area contributed by atoms with E-state index in [0.29, 0.717) is 17.0 Å². The maximum atomic E-state index is 11.4. The standard InChI is InChI=1S/C15H16BrNO2S/c1-15(2,3)13-12(14(18)19)20-11(17-13)8-9-6-4-5-7-10(9)16/h4-7H,8H2,1-3H3,(H,18,19). The predicted octanol–water partition coefficient (Wildman–Crippen LogP) is 4.49. The molecule has 1 aromatic heterocycles. The second kappa shape index (κ2) is 5.66. The van der Waals surface area contributed by atoms with Crippen LogP contribution in [-0.2, 0) is 11.8 Å². The summed E-state index contributed by atoms with van der Waals surface area (Å²) in [5.41, 5.74) is 1.51. The van der Waals surface area contributed by atoms with Gasteiger partial charge in [0.1, 0.15) is 4.88 Å². The zero-order chi connectivity index (χ0) is 14.9. The van der Waals surface area contributed by atoms with Gasteiger partial charge >= 0.3 is 5.97 Å². The van der Waals surface area contributed by atoms with Crippen molar-refractivity contribution in [3.8, 4) is 0 Å². The van der Waals surface area contributed by atoms with Gasteiger partial charge in [-0.2, -0.15) is 0 Å². The average molecular weight is 354 g/mol. The third kappa shape index (κ3) is 3.27. The minimum Gasteiger partial charge on any atom is -0.477 e. The summed E-state index contributed by atoms with van der Waals surface area (Å²) in [6.45, 7) is 5.95. The summed E-state index contributed by atoms with van der Waals surface area (Å²) in [5, 5.41) is 10.2. The molecule has 0 aliphatic carbocycles. The normalized spacial score (nSPS) is 11.6. The van der Waals surface area contributed by atoms with Gasteiger partial charge in [-0.15, -0.1) is 11.3 Å². The first-order chi connectivity index (χ1) is 9.29. The van der Waals surface area contributed by atoms with Crippen molar-refractivity contribution in [1.82, 2.24) is 4.98 Å². The molecule has 0 aliphatic rings. The van der Waals surface area contributed by atoms with Crippen molar-refractivity contribution < 1.29 is 9.90 Å². The molecule has 0 amide bonds. The molecule has 0 fully saturated rings. The lowest BCUT2D eigenvalue weighted by Gasteiger charge is -2.16. The van der Waals surface area contributed by atoms with Crippen molar-refractivity contribution in [2.24, 2.45) is 0 Å². The van der Waals surface area contributed by atoms with Crippen LogP contribution in [0, 0.1) is 0 Å². The minimum atomic E-state index is -0.897. The fourth-order valence-electron chi connectivity index (χ4n) is 1.90. The van der Waals surface area contributed by atoms with Crippen LogP contribution in [-0.4, -0.2) is 16.1 Å². The molecule has 1 aromatic carbocycles. The van der Waals surface area contributed by atoms with E-state index in [-0.39, 0.29) is 5.41 Å². The monoisotopic (exact) mass is 353 g/mol. The molecular formula is C15H16BrNO2S. The number of carboxylic acid groups (broad SMARTS) is 1. The number of carboxylic acids is 1. The number of halogens is 1. The summed E-state index contributed by atoms with van der Waals surface area (Å²) in [7, 11) is 0. The largest absolute Gasteiger partial charge is 0.477 e. The molecular weight excluding hydrogens is 338 g/mol. The summed E-state index contributed by atoms with van der Waals surface area (Å²) in [5.74, 6) is -0.897. The van der Waals surface area contributed by atoms with E-state index in [1.807, 2.05) is 45.0 Å². The lowest BCUT2D eigenvalue weighted by Crippen LogP contribution is -2.16. The lowest BCUT2D eigenvalue weighted by molar-refractivity contribution is 0.0699. The number of aromatic carboxylic acids is 1. The molecule has 0 saturated carbocycles. The Morgan fingerprint density at radius 2 is 2.00 bits per heavy atom. The topological polar surface area (TPSA) is 50.2 Å². The molecule has 0 radical (unpaired) electrons. The predicted molar refractivity (Wildman–Crippen MR) is 84.7 cm³/mol. The molecule has 0 saturated heterocycles. The number of nitrogens with zero attached hydrogens (tertiary/aromatic N) is 1. The zero-order valence-electron chi connectivity index (χ0n) is 11.6. The third-order valence-electron chi connectivity index (χ3n) is 2.88. The highest BCUT2D eigenvalue weighted by Gasteiger charge is 2.26. The Balaban J connectivity index is 2.40. The first-order valence-corrected chi connectivity index (χ1v) is 7.87. The number of benzene rings is 1. The molecule has 0 unspecified atom stereocenters. The smallest absolute Gasteiger partial charge is 0.347 e. The highest BCUT2D eigenvalue weighted by molar-refractivity contribution is 9.10. The van der Waals surface area contributed by atoms with Crippen LogP contribution in [0.15, 0.2) is 28.7 Å². The Morgan fingerprint density at radius 3 is 2.50 bits per heavy atom. The van der Waals surface area contributed by atoms with Crippen molar-refractivity contribution in [3.63, 3.8) is 0 Å². The van der Waals surface area contributed by atoms with Crippen molar-refractivity contribution in [2.75, 3.05) is 0 Å². The second-order valence-corrected chi connectivity index (χ2v) is 7.55. The van der Waals surface area contributed by atoms with Crippen LogP contribution in [0.25, 0.3) is 0 Å². The molecule has 1 heterocycles. The van der Waals surface area contributed by atoms with E-state index in [2.05, 4.69) is 20.9 Å². The Morgan fingerprint density at radius 1 is 1.35 bits per heavy atom. The van der Waals surface area contributed by atoms with E-state index in [0.717, 1.165) is 15.0 Å². The van der Waals surface area contributed by atoms with Gasteiger partial charge in [-0.25, -0.2) is 9.78 Å². The van der Waals surface area contributed by atoms with E-state index in [1.54, 1.807) is 0 Å². The first-order valence-electron chi connectivity index (χ1n) is 6.26. The Labute approximate surface area is 130 Å². The molecule has 0 aliphatic heterocycles. The third-order valence-corrected chi connectivity index (χ3v) is 4.69. The molecule has 0 bridgehead atoms. The number of aromatic nitrogens is 1. The highest BCUT2D eigenvalue weighted by atomic mass is 79.9. The first kappa shape index (κ1) is 15.2. The molecule has 0 atom stereocenters. The lowest BCUT2D eigenvalue weighted by atomic mass is 9.91. The summed E-state index contributed by atoms with van der Waals surface area (Å²) >= 11 is 4.77. The van der Waals surface area contributed by atoms with Crippen molar-refractivity contribution >= 4 is 33.2 Å². The average Bonchev–Trinajstić information content (AvgIpc) is 2.76. The highest BCUT2D eigenvalue weighted by Crippen LogP contribution is 2.31. The number of thiazole rings is 1. The number of carbonyl (C=O) groups is 1. The Kier molecular flexibility index (Phi) is 4.30. The van der Waals surface area contributed by atoms with Crippen LogP contribution in [0.5, 0.6) is 0 Å². The van der Waals surface area contributed by atoms with Crippen LogP contribution >= 0.6 is 27.3 Å². The molecule has 0 spiro atoms. The fraction of sp³-hybridized carbons (Fsp3) is 0.333. The van der Waals surface area contributed by atoms with E-state index in [9.17, 15) is 9.90 Å². The number of hydrogen-bond donors (Lipinski definition) is 1. The Hall–Kier alpha value is -1.20. The molecule has 1 N–H and O–H groups in total. The quantitative estimate of drug-likeness (QED) is 0.883. The Bertz CT molecular complexity index is 644. The van der Waals surface area contributed by atoms with Gasteiger partial charge in [0.05, 0.1) is 10.7 Å². The van der Waals surface area contributed by atoms with Crippen LogP contribution < -0.4 is 0 Å². The van der Waals surface area contributed by atoms with Crippen LogP contribution in [0.3, 0.4) is 0 Å². The molecule has 5 heteroatoms. The van der Waals surface area contributed by atoms with Gasteiger partial charge in [0.2, 0.25) is 0 Å². The maximum Gasteiger partial charge on any atom is 0.347 e. The number of hydrogen-bond acceptors (Lipinski definition) is 3. The zero-order valence-corrected chi connectivity index (χ0v) is 14.0. The maximum absolute atomic E-state index is 11.4. The fourth-order valence-corrected chi connectivity index (χ4v) is 3.46. The molecule has 106 valence electrons. The summed E-state index contributed by atoms with van der Waals surface area (Å²) in [6.07, 6.45) is 0.641. The van der Waals surface area contributed by atoms with E-state index in [4.69, 9.17) is 0 Å². The van der Waals surface area contributed by atoms with E-state index >= 15 is 0 Å². The van der Waals surface area contributed by atoms with Gasteiger partial charge in [-0.05, 0) is 11.6 Å². The van der Waals surface area contributed by atoms with Crippen molar-refractivity contribution in [2.45, 2.75) is 32.6 Å². The SMILES string of the molecule is CC(C)(C)c1nc(Cc2ccccc2Br)sc1C(=O)O. The molecule has 3 nitrogen and oxygen atoms in total. The summed E-state index contributed by atoms with van der Waals surface area (Å²) in [4.78, 5) is 16.3. The molecule has 2 aromatic rings. The second-order valence-electron chi connectivity index (χ2n) is 5.61.